The van der Waals surface area contributed by atoms with Crippen LogP contribution in [0.4, 0.5) is 0 Å². The van der Waals surface area contributed by atoms with Gasteiger partial charge in [-0.3, -0.25) is 0 Å². The minimum absolute atomic E-state index is 0.512. The van der Waals surface area contributed by atoms with Crippen LogP contribution < -0.4 is 4.74 Å². The fourth-order valence-electron chi connectivity index (χ4n) is 1.86. The summed E-state index contributed by atoms with van der Waals surface area (Å²) in [5, 5.41) is 0. The third-order valence-electron chi connectivity index (χ3n) is 2.96. The molecule has 1 atom stereocenters. The van der Waals surface area contributed by atoms with Gasteiger partial charge in [0.05, 0.1) is 7.11 Å². The van der Waals surface area contributed by atoms with E-state index in [1.807, 2.05) is 0 Å². The minimum atomic E-state index is 0.512. The maximum Gasteiger partial charge on any atom is 0.122 e. The third-order valence-corrected chi connectivity index (χ3v) is 2.96. The smallest absolute Gasteiger partial charge is 0.122 e. The fourth-order valence-corrected chi connectivity index (χ4v) is 1.86. The van der Waals surface area contributed by atoms with E-state index in [0.717, 1.165) is 18.6 Å². The number of allylic oxidation sites excluding steroid dienone is 2. The van der Waals surface area contributed by atoms with Crippen molar-refractivity contribution in [3.8, 4) is 5.75 Å². The van der Waals surface area contributed by atoms with Gasteiger partial charge >= 0.3 is 0 Å². The number of rotatable bonds is 5. The molecule has 0 radical (unpaired) electrons. The van der Waals surface area contributed by atoms with Gasteiger partial charge in [-0.2, -0.15) is 0 Å². The number of hydrogen-bond acceptors (Lipinski definition) is 1. The van der Waals surface area contributed by atoms with Crippen molar-refractivity contribution in [2.24, 2.45) is 0 Å². The van der Waals surface area contributed by atoms with Gasteiger partial charge < -0.3 is 4.74 Å². The van der Waals surface area contributed by atoms with E-state index in [1.165, 1.54) is 11.1 Å². The van der Waals surface area contributed by atoms with Crippen LogP contribution in [0.25, 0.3) is 0 Å². The van der Waals surface area contributed by atoms with E-state index in [4.69, 9.17) is 4.74 Å². The second-order valence-electron chi connectivity index (χ2n) is 4.14. The highest BCUT2D eigenvalue weighted by Crippen LogP contribution is 2.30. The lowest BCUT2D eigenvalue weighted by Crippen LogP contribution is -1.98. The van der Waals surface area contributed by atoms with Gasteiger partial charge in [0.1, 0.15) is 5.75 Å². The van der Waals surface area contributed by atoms with E-state index in [0.29, 0.717) is 5.92 Å². The maximum atomic E-state index is 5.42. The first-order valence-corrected chi connectivity index (χ1v) is 6.00. The van der Waals surface area contributed by atoms with E-state index in [-0.39, 0.29) is 0 Å². The molecule has 0 aliphatic carbocycles. The first kappa shape index (κ1) is 12.8. The molecule has 1 nitrogen and oxygen atoms in total. The molecule has 88 valence electrons. The Morgan fingerprint density at radius 3 is 2.69 bits per heavy atom. The van der Waals surface area contributed by atoms with E-state index in [2.05, 4.69) is 51.1 Å². The Morgan fingerprint density at radius 1 is 1.38 bits per heavy atom. The summed E-state index contributed by atoms with van der Waals surface area (Å²) in [6, 6.07) is 6.50. The van der Waals surface area contributed by atoms with Crippen LogP contribution in [0.1, 0.15) is 44.2 Å². The predicted molar refractivity (Wildman–Crippen MR) is 70.2 cm³/mol. The second-order valence-corrected chi connectivity index (χ2v) is 4.14. The number of hydrogen-bond donors (Lipinski definition) is 0. The van der Waals surface area contributed by atoms with Crippen LogP contribution in [0.3, 0.4) is 0 Å². The Kier molecular flexibility index (Phi) is 5.10. The van der Waals surface area contributed by atoms with E-state index in [9.17, 15) is 0 Å². The molecule has 0 spiro atoms. The van der Waals surface area contributed by atoms with Crippen molar-refractivity contribution in [1.29, 1.82) is 0 Å². The summed E-state index contributed by atoms with van der Waals surface area (Å²) in [5.74, 6) is 1.52. The number of aryl methyl sites for hydroxylation is 1. The Labute approximate surface area is 99.1 Å². The fraction of sp³-hybridized carbons (Fsp3) is 0.467. The van der Waals surface area contributed by atoms with Crippen molar-refractivity contribution in [2.75, 3.05) is 7.11 Å². The normalized spacial score (nSPS) is 13.0. The molecule has 0 bridgehead atoms. The van der Waals surface area contributed by atoms with Gasteiger partial charge in [-0.25, -0.2) is 0 Å². The van der Waals surface area contributed by atoms with Crippen molar-refractivity contribution in [3.63, 3.8) is 0 Å². The van der Waals surface area contributed by atoms with Gasteiger partial charge in [0.15, 0.2) is 0 Å². The average molecular weight is 218 g/mol. The lowest BCUT2D eigenvalue weighted by Gasteiger charge is -2.15. The van der Waals surface area contributed by atoms with Crippen molar-refractivity contribution < 1.29 is 4.74 Å². The van der Waals surface area contributed by atoms with Gasteiger partial charge in [0.2, 0.25) is 0 Å². The van der Waals surface area contributed by atoms with Crippen molar-refractivity contribution in [3.05, 3.63) is 41.5 Å². The molecule has 16 heavy (non-hydrogen) atoms. The highest BCUT2D eigenvalue weighted by Gasteiger charge is 2.10. The zero-order chi connectivity index (χ0) is 12.0. The quantitative estimate of drug-likeness (QED) is 0.668. The molecular formula is C15H22O. The average Bonchev–Trinajstić information content (AvgIpc) is 2.35. The lowest BCUT2D eigenvalue weighted by molar-refractivity contribution is 0.406. The highest BCUT2D eigenvalue weighted by atomic mass is 16.5. The SMILES string of the molecule is C/C=C\CC(C)c1cc(CC)ccc1OC. The minimum Gasteiger partial charge on any atom is -0.496 e. The van der Waals surface area contributed by atoms with Gasteiger partial charge in [-0.05, 0) is 42.9 Å². The number of methoxy groups -OCH3 is 1. The summed E-state index contributed by atoms with van der Waals surface area (Å²) in [6.07, 6.45) is 6.46. The van der Waals surface area contributed by atoms with Crippen LogP contribution in [0.15, 0.2) is 30.4 Å². The van der Waals surface area contributed by atoms with Gasteiger partial charge in [-0.1, -0.05) is 38.1 Å². The lowest BCUT2D eigenvalue weighted by atomic mass is 9.94. The van der Waals surface area contributed by atoms with Crippen LogP contribution in [0.5, 0.6) is 5.75 Å². The molecule has 0 heterocycles. The Hall–Kier alpha value is -1.24. The maximum absolute atomic E-state index is 5.42. The Bertz CT molecular complexity index is 352. The molecule has 0 aliphatic heterocycles. The van der Waals surface area contributed by atoms with Crippen molar-refractivity contribution >= 4 is 0 Å². The van der Waals surface area contributed by atoms with Crippen LogP contribution >= 0.6 is 0 Å². The van der Waals surface area contributed by atoms with Gasteiger partial charge in [0.25, 0.3) is 0 Å². The third kappa shape index (κ3) is 3.13. The van der Waals surface area contributed by atoms with Crippen LogP contribution in [0, 0.1) is 0 Å². The predicted octanol–water partition coefficient (Wildman–Crippen LogP) is 4.33. The molecule has 1 unspecified atom stereocenters. The van der Waals surface area contributed by atoms with E-state index >= 15 is 0 Å². The Balaban J connectivity index is 2.98. The monoisotopic (exact) mass is 218 g/mol. The summed E-state index contributed by atoms with van der Waals surface area (Å²) >= 11 is 0. The number of benzene rings is 1. The molecule has 0 saturated heterocycles. The molecule has 0 aliphatic rings. The molecule has 0 fully saturated rings. The molecular weight excluding hydrogens is 196 g/mol. The first-order chi connectivity index (χ1) is 7.72. The summed E-state index contributed by atoms with van der Waals surface area (Å²) in [6.45, 7) is 6.49. The summed E-state index contributed by atoms with van der Waals surface area (Å²) in [5.41, 5.74) is 2.70. The summed E-state index contributed by atoms with van der Waals surface area (Å²) < 4.78 is 5.42. The summed E-state index contributed by atoms with van der Waals surface area (Å²) in [7, 11) is 1.74. The van der Waals surface area contributed by atoms with Crippen LogP contribution in [0.2, 0.25) is 0 Å². The molecule has 0 N–H and O–H groups in total. The van der Waals surface area contributed by atoms with Crippen molar-refractivity contribution in [2.45, 2.75) is 39.5 Å². The zero-order valence-electron chi connectivity index (χ0n) is 10.8. The number of ether oxygens (including phenoxy) is 1. The zero-order valence-corrected chi connectivity index (χ0v) is 10.8. The largest absolute Gasteiger partial charge is 0.496 e. The second kappa shape index (κ2) is 6.37. The van der Waals surface area contributed by atoms with Gasteiger partial charge in [0, 0.05) is 0 Å². The molecule has 1 aromatic rings. The molecule has 1 heteroatoms. The summed E-state index contributed by atoms with van der Waals surface area (Å²) in [4.78, 5) is 0. The molecule has 0 amide bonds. The standard InChI is InChI=1S/C15H22O/c1-5-7-8-12(3)14-11-13(6-2)9-10-15(14)16-4/h5,7,9-12H,6,8H2,1-4H3/b7-5-. The molecule has 1 rings (SSSR count). The van der Waals surface area contributed by atoms with Crippen LogP contribution in [-0.4, -0.2) is 7.11 Å². The highest BCUT2D eigenvalue weighted by molar-refractivity contribution is 5.39. The van der Waals surface area contributed by atoms with E-state index in [1.54, 1.807) is 7.11 Å². The molecule has 0 saturated carbocycles. The first-order valence-electron chi connectivity index (χ1n) is 6.00. The Morgan fingerprint density at radius 2 is 2.12 bits per heavy atom. The molecule has 1 aromatic carbocycles. The topological polar surface area (TPSA) is 9.23 Å². The van der Waals surface area contributed by atoms with Crippen LogP contribution in [-0.2, 0) is 6.42 Å². The van der Waals surface area contributed by atoms with Gasteiger partial charge in [-0.15, -0.1) is 0 Å². The van der Waals surface area contributed by atoms with E-state index < -0.39 is 0 Å². The molecule has 0 aromatic heterocycles. The van der Waals surface area contributed by atoms with Crippen molar-refractivity contribution in [1.82, 2.24) is 0 Å².